The van der Waals surface area contributed by atoms with Crippen LogP contribution in [0.1, 0.15) is 27.7 Å². The van der Waals surface area contributed by atoms with Gasteiger partial charge in [0.1, 0.15) is 0 Å². The number of hydrogen-bond donors (Lipinski definition) is 0. The number of ether oxygens (including phenoxy) is 2. The van der Waals surface area contributed by atoms with E-state index >= 15 is 0 Å². The summed E-state index contributed by atoms with van der Waals surface area (Å²) in [4.78, 5) is 1.31. The summed E-state index contributed by atoms with van der Waals surface area (Å²) in [5.41, 5.74) is 0. The fourth-order valence-electron chi connectivity index (χ4n) is 0.893. The van der Waals surface area contributed by atoms with Crippen molar-refractivity contribution in [2.75, 3.05) is 26.6 Å². The van der Waals surface area contributed by atoms with Gasteiger partial charge >= 0.3 is 0 Å². The lowest BCUT2D eigenvalue weighted by atomic mass is 10.4. The second-order valence-corrected chi connectivity index (χ2v) is 4.46. The molecule has 0 aliphatic heterocycles. The largest absolute Gasteiger partial charge is 0.382 e. The maximum atomic E-state index is 5.25. The predicted octanol–water partition coefficient (Wildman–Crippen LogP) is 4.55. The third-order valence-electron chi connectivity index (χ3n) is 1.62. The van der Waals surface area contributed by atoms with Crippen LogP contribution >= 0.6 is 23.1 Å². The maximum absolute atomic E-state index is 5.25. The molecule has 1 unspecified atom stereocenters. The maximum Gasteiger partial charge on any atom is 0.0898 e. The summed E-state index contributed by atoms with van der Waals surface area (Å²) in [6, 6.07) is 2.12. The summed E-state index contributed by atoms with van der Waals surface area (Å²) in [7, 11) is 3.42. The highest BCUT2D eigenvalue weighted by molar-refractivity contribution is 7.99. The Morgan fingerprint density at radius 3 is 2.29 bits per heavy atom. The van der Waals surface area contributed by atoms with E-state index in [0.717, 1.165) is 5.75 Å². The molecule has 0 saturated heterocycles. The molecule has 1 rings (SSSR count). The Morgan fingerprint density at radius 1 is 1.24 bits per heavy atom. The first-order chi connectivity index (χ1) is 8.36. The van der Waals surface area contributed by atoms with Crippen LogP contribution in [0.2, 0.25) is 0 Å². The highest BCUT2D eigenvalue weighted by atomic mass is 32.2. The Kier molecular flexibility index (Phi) is 18.1. The molecule has 0 amide bonds. The van der Waals surface area contributed by atoms with E-state index < -0.39 is 0 Å². The smallest absolute Gasteiger partial charge is 0.0898 e. The molecule has 1 atom stereocenters. The fraction of sp³-hybridized carbons (Fsp3) is 0.692. The molecular weight excluding hydrogens is 252 g/mol. The van der Waals surface area contributed by atoms with E-state index in [0.29, 0.717) is 6.61 Å². The van der Waals surface area contributed by atoms with E-state index in [9.17, 15) is 0 Å². The average molecular weight is 278 g/mol. The molecule has 0 fully saturated rings. The van der Waals surface area contributed by atoms with Crippen LogP contribution in [0.3, 0.4) is 0 Å². The fourth-order valence-corrected chi connectivity index (χ4v) is 2.71. The topological polar surface area (TPSA) is 18.5 Å². The highest BCUT2D eigenvalue weighted by Gasteiger charge is 2.07. The molecule has 0 bridgehead atoms. The van der Waals surface area contributed by atoms with E-state index in [1.54, 1.807) is 37.3 Å². The molecular formula is C13H26O2S2. The van der Waals surface area contributed by atoms with Crippen LogP contribution in [0.5, 0.6) is 0 Å². The van der Waals surface area contributed by atoms with Gasteiger partial charge in [0.2, 0.25) is 0 Å². The van der Waals surface area contributed by atoms with E-state index in [2.05, 4.69) is 16.8 Å². The van der Waals surface area contributed by atoms with Gasteiger partial charge in [-0.3, -0.25) is 0 Å². The molecule has 1 aromatic heterocycles. The summed E-state index contributed by atoms with van der Waals surface area (Å²) in [5.74, 6) is 0.946. The SMILES string of the molecule is CC.CC.COCC(CSc1ccsc1)OC. The lowest BCUT2D eigenvalue weighted by Gasteiger charge is -2.12. The van der Waals surface area contributed by atoms with E-state index in [-0.39, 0.29) is 6.10 Å². The van der Waals surface area contributed by atoms with Gasteiger partial charge in [0.25, 0.3) is 0 Å². The van der Waals surface area contributed by atoms with Crippen molar-refractivity contribution in [3.8, 4) is 0 Å². The minimum Gasteiger partial charge on any atom is -0.382 e. The average Bonchev–Trinajstić information content (AvgIpc) is 2.92. The molecule has 4 heteroatoms. The van der Waals surface area contributed by atoms with Crippen molar-refractivity contribution in [3.63, 3.8) is 0 Å². The molecule has 0 radical (unpaired) electrons. The van der Waals surface area contributed by atoms with Gasteiger partial charge in [-0.2, -0.15) is 11.3 Å². The highest BCUT2D eigenvalue weighted by Crippen LogP contribution is 2.21. The van der Waals surface area contributed by atoms with Crippen molar-refractivity contribution in [1.82, 2.24) is 0 Å². The first-order valence-electron chi connectivity index (χ1n) is 6.03. The van der Waals surface area contributed by atoms with Crippen LogP contribution in [0, 0.1) is 0 Å². The molecule has 0 aromatic carbocycles. The summed E-state index contributed by atoms with van der Waals surface area (Å²) < 4.78 is 10.3. The zero-order valence-electron chi connectivity index (χ0n) is 11.9. The summed E-state index contributed by atoms with van der Waals surface area (Å²) in [6.07, 6.45) is 0.190. The van der Waals surface area contributed by atoms with E-state index in [4.69, 9.17) is 9.47 Å². The van der Waals surface area contributed by atoms with E-state index in [1.165, 1.54) is 4.90 Å². The number of thiophene rings is 1. The summed E-state index contributed by atoms with van der Waals surface area (Å²) in [5, 5.41) is 4.23. The van der Waals surface area contributed by atoms with Crippen LogP contribution in [-0.4, -0.2) is 32.7 Å². The molecule has 17 heavy (non-hydrogen) atoms. The Labute approximate surface area is 115 Å². The Morgan fingerprint density at radius 2 is 1.88 bits per heavy atom. The second kappa shape index (κ2) is 16.0. The van der Waals surface area contributed by atoms with Crippen molar-refractivity contribution in [1.29, 1.82) is 0 Å². The van der Waals surface area contributed by atoms with Crippen LogP contribution in [0.15, 0.2) is 21.7 Å². The number of thioether (sulfide) groups is 1. The van der Waals surface area contributed by atoms with Gasteiger partial charge in [-0.15, -0.1) is 11.8 Å². The molecule has 1 aromatic rings. The second-order valence-electron chi connectivity index (χ2n) is 2.58. The van der Waals surface area contributed by atoms with Gasteiger partial charge in [-0.25, -0.2) is 0 Å². The minimum absolute atomic E-state index is 0.190. The summed E-state index contributed by atoms with van der Waals surface area (Å²) >= 11 is 3.52. The Hall–Kier alpha value is -0.0300. The van der Waals surface area contributed by atoms with Gasteiger partial charge in [-0.1, -0.05) is 27.7 Å². The molecule has 102 valence electrons. The van der Waals surface area contributed by atoms with Gasteiger partial charge in [0.15, 0.2) is 0 Å². The van der Waals surface area contributed by atoms with Crippen LogP contribution in [0.25, 0.3) is 0 Å². The zero-order valence-corrected chi connectivity index (χ0v) is 13.5. The molecule has 1 heterocycles. The molecule has 0 aliphatic rings. The number of hydrogen-bond acceptors (Lipinski definition) is 4. The molecule has 0 spiro atoms. The molecule has 2 nitrogen and oxygen atoms in total. The first kappa shape index (κ1) is 19.3. The van der Waals surface area contributed by atoms with E-state index in [1.807, 2.05) is 27.7 Å². The normalized spacial score (nSPS) is 10.7. The Balaban J connectivity index is 0. The van der Waals surface area contributed by atoms with Crippen molar-refractivity contribution in [2.24, 2.45) is 0 Å². The lowest BCUT2D eigenvalue weighted by molar-refractivity contribution is 0.0430. The Bertz CT molecular complexity index is 213. The van der Waals surface area contributed by atoms with Crippen molar-refractivity contribution >= 4 is 23.1 Å². The summed E-state index contributed by atoms with van der Waals surface area (Å²) in [6.45, 7) is 8.66. The van der Waals surface area contributed by atoms with Crippen molar-refractivity contribution in [2.45, 2.75) is 38.7 Å². The van der Waals surface area contributed by atoms with Crippen molar-refractivity contribution in [3.05, 3.63) is 16.8 Å². The van der Waals surface area contributed by atoms with Crippen LogP contribution in [-0.2, 0) is 9.47 Å². The third-order valence-corrected chi connectivity index (χ3v) is 3.58. The number of methoxy groups -OCH3 is 2. The van der Waals surface area contributed by atoms with Gasteiger partial charge < -0.3 is 9.47 Å². The van der Waals surface area contributed by atoms with Gasteiger partial charge in [-0.05, 0) is 11.4 Å². The number of rotatable bonds is 6. The van der Waals surface area contributed by atoms with Crippen LogP contribution < -0.4 is 0 Å². The quantitative estimate of drug-likeness (QED) is 0.711. The minimum atomic E-state index is 0.190. The molecule has 0 saturated carbocycles. The standard InChI is InChI=1S/C9H14O2S2.2C2H6/c1-10-5-8(11-2)6-13-9-3-4-12-7-9;2*1-2/h3-4,7-8H,5-6H2,1-2H3;2*1-2H3. The van der Waals surface area contributed by atoms with Crippen molar-refractivity contribution < 1.29 is 9.47 Å². The van der Waals surface area contributed by atoms with Gasteiger partial charge in [0, 0.05) is 30.2 Å². The lowest BCUT2D eigenvalue weighted by Crippen LogP contribution is -2.19. The monoisotopic (exact) mass is 278 g/mol. The van der Waals surface area contributed by atoms with Gasteiger partial charge in [0.05, 0.1) is 12.7 Å². The molecule has 0 N–H and O–H groups in total. The van der Waals surface area contributed by atoms with Crippen LogP contribution in [0.4, 0.5) is 0 Å². The predicted molar refractivity (Wildman–Crippen MR) is 80.4 cm³/mol. The third kappa shape index (κ3) is 10.8. The molecule has 0 aliphatic carbocycles. The zero-order chi connectivity index (χ0) is 13.5. The first-order valence-corrected chi connectivity index (χ1v) is 7.96.